The third-order valence-electron chi connectivity index (χ3n) is 2.56. The van der Waals surface area contributed by atoms with Gasteiger partial charge in [-0.25, -0.2) is 0 Å². The van der Waals surface area contributed by atoms with E-state index < -0.39 is 6.10 Å². The molecule has 1 N–H and O–H groups in total. The van der Waals surface area contributed by atoms with E-state index in [1.807, 2.05) is 43.5 Å². The first kappa shape index (κ1) is 11.6. The van der Waals surface area contributed by atoms with Crippen molar-refractivity contribution in [2.24, 2.45) is 0 Å². The average Bonchev–Trinajstić information content (AvgIpc) is 2.68. The lowest BCUT2D eigenvalue weighted by Gasteiger charge is -2.10. The molecule has 1 nitrogen and oxygen atoms in total. The third kappa shape index (κ3) is 2.29. The fourth-order valence-electron chi connectivity index (χ4n) is 1.64. The van der Waals surface area contributed by atoms with E-state index in [-0.39, 0.29) is 0 Å². The van der Waals surface area contributed by atoms with Crippen molar-refractivity contribution in [3.8, 4) is 0 Å². The third-order valence-corrected chi connectivity index (χ3v) is 3.87. The molecule has 0 aliphatic heterocycles. The van der Waals surface area contributed by atoms with Crippen LogP contribution in [0.2, 0.25) is 5.02 Å². The Bertz CT molecular complexity index is 504. The molecule has 0 aliphatic carbocycles. The Kier molecular flexibility index (Phi) is 3.33. The van der Waals surface area contributed by atoms with Crippen LogP contribution in [-0.2, 0) is 0 Å². The quantitative estimate of drug-likeness (QED) is 0.853. The zero-order chi connectivity index (χ0) is 11.7. The molecule has 1 atom stereocenters. The standard InChI is InChI=1S/C13H13ClOS/c1-8-5-10(3-4-12(8)14)13(15)11-6-9(2)16-7-11/h3-7,13,15H,1-2H3. The number of halogens is 1. The van der Waals surface area contributed by atoms with Crippen molar-refractivity contribution in [2.75, 3.05) is 0 Å². The summed E-state index contributed by atoms with van der Waals surface area (Å²) in [6.45, 7) is 3.98. The molecule has 0 bridgehead atoms. The highest BCUT2D eigenvalue weighted by atomic mass is 35.5. The van der Waals surface area contributed by atoms with Gasteiger partial charge in [0.2, 0.25) is 0 Å². The van der Waals surface area contributed by atoms with Gasteiger partial charge in [0.15, 0.2) is 0 Å². The van der Waals surface area contributed by atoms with Crippen LogP contribution in [0.1, 0.15) is 27.7 Å². The molecule has 1 heterocycles. The maximum Gasteiger partial charge on any atom is 0.105 e. The van der Waals surface area contributed by atoms with Crippen LogP contribution in [0.4, 0.5) is 0 Å². The molecule has 1 aromatic heterocycles. The summed E-state index contributed by atoms with van der Waals surface area (Å²) in [5, 5.41) is 12.9. The van der Waals surface area contributed by atoms with Crippen molar-refractivity contribution in [2.45, 2.75) is 20.0 Å². The molecule has 3 heteroatoms. The number of hydrogen-bond acceptors (Lipinski definition) is 2. The molecule has 0 radical (unpaired) electrons. The monoisotopic (exact) mass is 252 g/mol. The molecule has 0 amide bonds. The molecule has 2 rings (SSSR count). The van der Waals surface area contributed by atoms with Gasteiger partial charge in [-0.15, -0.1) is 11.3 Å². The zero-order valence-corrected chi connectivity index (χ0v) is 10.8. The minimum atomic E-state index is -0.555. The van der Waals surface area contributed by atoms with Crippen LogP contribution in [0.3, 0.4) is 0 Å². The van der Waals surface area contributed by atoms with Gasteiger partial charge >= 0.3 is 0 Å². The molecule has 0 fully saturated rings. The predicted octanol–water partition coefficient (Wildman–Crippen LogP) is 4.10. The summed E-state index contributed by atoms with van der Waals surface area (Å²) in [5.41, 5.74) is 2.83. The van der Waals surface area contributed by atoms with Crippen LogP contribution in [0.25, 0.3) is 0 Å². The van der Waals surface area contributed by atoms with E-state index in [2.05, 4.69) is 0 Å². The predicted molar refractivity (Wildman–Crippen MR) is 69.3 cm³/mol. The van der Waals surface area contributed by atoms with E-state index in [1.54, 1.807) is 11.3 Å². The lowest BCUT2D eigenvalue weighted by Crippen LogP contribution is -1.98. The Morgan fingerprint density at radius 2 is 1.94 bits per heavy atom. The number of benzene rings is 1. The number of aryl methyl sites for hydroxylation is 2. The van der Waals surface area contributed by atoms with Crippen LogP contribution < -0.4 is 0 Å². The largest absolute Gasteiger partial charge is 0.384 e. The second-order valence-corrected chi connectivity index (χ2v) is 5.42. The van der Waals surface area contributed by atoms with Crippen molar-refractivity contribution in [1.82, 2.24) is 0 Å². The van der Waals surface area contributed by atoms with Crippen molar-refractivity contribution in [1.29, 1.82) is 0 Å². The Hall–Kier alpha value is -0.830. The smallest absolute Gasteiger partial charge is 0.105 e. The summed E-state index contributed by atoms with van der Waals surface area (Å²) in [6.07, 6.45) is -0.555. The maximum absolute atomic E-state index is 10.2. The highest BCUT2D eigenvalue weighted by Gasteiger charge is 2.12. The number of aliphatic hydroxyl groups is 1. The highest BCUT2D eigenvalue weighted by Crippen LogP contribution is 2.28. The Labute approximate surface area is 104 Å². The van der Waals surface area contributed by atoms with E-state index in [9.17, 15) is 5.11 Å². The molecule has 0 aliphatic rings. The number of thiophene rings is 1. The van der Waals surface area contributed by atoms with Crippen molar-refractivity contribution < 1.29 is 5.11 Å². The molecular weight excluding hydrogens is 240 g/mol. The number of aliphatic hydroxyl groups excluding tert-OH is 1. The first-order chi connectivity index (χ1) is 7.58. The Morgan fingerprint density at radius 3 is 2.50 bits per heavy atom. The number of hydrogen-bond donors (Lipinski definition) is 1. The summed E-state index contributed by atoms with van der Waals surface area (Å²) >= 11 is 7.60. The van der Waals surface area contributed by atoms with E-state index >= 15 is 0 Å². The van der Waals surface area contributed by atoms with E-state index in [0.717, 1.165) is 21.7 Å². The van der Waals surface area contributed by atoms with Crippen molar-refractivity contribution in [3.63, 3.8) is 0 Å². The van der Waals surface area contributed by atoms with Gasteiger partial charge in [0, 0.05) is 9.90 Å². The van der Waals surface area contributed by atoms with Gasteiger partial charge in [0.05, 0.1) is 0 Å². The molecule has 0 saturated carbocycles. The van der Waals surface area contributed by atoms with Gasteiger partial charge in [-0.1, -0.05) is 23.7 Å². The second kappa shape index (κ2) is 4.58. The fraction of sp³-hybridized carbons (Fsp3) is 0.231. The van der Waals surface area contributed by atoms with Gasteiger partial charge in [0.1, 0.15) is 6.10 Å². The van der Waals surface area contributed by atoms with Gasteiger partial charge in [-0.3, -0.25) is 0 Å². The molecule has 0 spiro atoms. The lowest BCUT2D eigenvalue weighted by atomic mass is 10.0. The first-order valence-electron chi connectivity index (χ1n) is 5.07. The molecule has 84 valence electrons. The summed E-state index contributed by atoms with van der Waals surface area (Å²) in [4.78, 5) is 1.21. The SMILES string of the molecule is Cc1cc(C(O)c2ccc(Cl)c(C)c2)cs1. The van der Waals surface area contributed by atoms with E-state index in [4.69, 9.17) is 11.6 Å². The van der Waals surface area contributed by atoms with Crippen molar-refractivity contribution in [3.05, 3.63) is 56.2 Å². The van der Waals surface area contributed by atoms with Gasteiger partial charge in [-0.05, 0) is 48.1 Å². The van der Waals surface area contributed by atoms with E-state index in [0.29, 0.717) is 0 Å². The molecule has 1 aromatic carbocycles. The lowest BCUT2D eigenvalue weighted by molar-refractivity contribution is 0.220. The molecule has 1 unspecified atom stereocenters. The normalized spacial score (nSPS) is 12.8. The molecule has 2 aromatic rings. The first-order valence-corrected chi connectivity index (χ1v) is 6.33. The summed E-state index contributed by atoms with van der Waals surface area (Å²) in [5.74, 6) is 0. The van der Waals surface area contributed by atoms with Crippen LogP contribution in [-0.4, -0.2) is 5.11 Å². The van der Waals surface area contributed by atoms with Crippen LogP contribution >= 0.6 is 22.9 Å². The average molecular weight is 253 g/mol. The minimum absolute atomic E-state index is 0.555. The topological polar surface area (TPSA) is 20.2 Å². The highest BCUT2D eigenvalue weighted by molar-refractivity contribution is 7.10. The van der Waals surface area contributed by atoms with Crippen LogP contribution in [0, 0.1) is 13.8 Å². The molecule has 0 saturated heterocycles. The van der Waals surface area contributed by atoms with Crippen LogP contribution in [0.15, 0.2) is 29.6 Å². The van der Waals surface area contributed by atoms with Gasteiger partial charge < -0.3 is 5.11 Å². The minimum Gasteiger partial charge on any atom is -0.384 e. The zero-order valence-electron chi connectivity index (χ0n) is 9.20. The maximum atomic E-state index is 10.2. The second-order valence-electron chi connectivity index (χ2n) is 3.90. The Balaban J connectivity index is 2.33. The summed E-state index contributed by atoms with van der Waals surface area (Å²) in [7, 11) is 0. The van der Waals surface area contributed by atoms with Crippen molar-refractivity contribution >= 4 is 22.9 Å². The number of rotatable bonds is 2. The van der Waals surface area contributed by atoms with Crippen LogP contribution in [0.5, 0.6) is 0 Å². The fourth-order valence-corrected chi connectivity index (χ4v) is 2.48. The van der Waals surface area contributed by atoms with E-state index in [1.165, 1.54) is 4.88 Å². The van der Waals surface area contributed by atoms with Gasteiger partial charge in [-0.2, -0.15) is 0 Å². The summed E-state index contributed by atoms with van der Waals surface area (Å²) < 4.78 is 0. The summed E-state index contributed by atoms with van der Waals surface area (Å²) in [6, 6.07) is 7.64. The molecule has 16 heavy (non-hydrogen) atoms. The molecular formula is C13H13ClOS. The van der Waals surface area contributed by atoms with Gasteiger partial charge in [0.25, 0.3) is 0 Å². The Morgan fingerprint density at radius 1 is 1.19 bits per heavy atom.